The molecule has 0 spiro atoms. The predicted octanol–water partition coefficient (Wildman–Crippen LogP) is 3.02. The first-order chi connectivity index (χ1) is 12.1. The van der Waals surface area contributed by atoms with Gasteiger partial charge in [0.05, 0.1) is 5.92 Å². The molecule has 0 aliphatic heterocycles. The number of carbonyl (C=O) groups is 2. The van der Waals surface area contributed by atoms with Crippen molar-refractivity contribution in [2.45, 2.75) is 26.2 Å². The Morgan fingerprint density at radius 3 is 2.68 bits per heavy atom. The van der Waals surface area contributed by atoms with Crippen LogP contribution in [-0.2, 0) is 20.7 Å². The van der Waals surface area contributed by atoms with Gasteiger partial charge in [-0.15, -0.1) is 0 Å². The van der Waals surface area contributed by atoms with Crippen LogP contribution in [-0.4, -0.2) is 36.7 Å². The lowest BCUT2D eigenvalue weighted by Gasteiger charge is -2.15. The van der Waals surface area contributed by atoms with Crippen LogP contribution in [0.3, 0.4) is 0 Å². The summed E-state index contributed by atoms with van der Waals surface area (Å²) in [5.74, 6) is -1.87. The lowest BCUT2D eigenvalue weighted by molar-refractivity contribution is -0.141. The van der Waals surface area contributed by atoms with Crippen LogP contribution in [0.15, 0.2) is 42.5 Å². The third-order valence-electron chi connectivity index (χ3n) is 4.12. The van der Waals surface area contributed by atoms with E-state index in [0.717, 1.165) is 29.2 Å². The van der Waals surface area contributed by atoms with Crippen LogP contribution in [0.25, 0.3) is 10.8 Å². The van der Waals surface area contributed by atoms with E-state index in [1.165, 1.54) is 0 Å². The van der Waals surface area contributed by atoms with Gasteiger partial charge in [0.2, 0.25) is 5.91 Å². The monoisotopic (exact) mass is 343 g/mol. The summed E-state index contributed by atoms with van der Waals surface area (Å²) in [5, 5.41) is 14.3. The molecule has 0 fully saturated rings. The highest BCUT2D eigenvalue weighted by Crippen LogP contribution is 2.21. The van der Waals surface area contributed by atoms with Gasteiger partial charge in [-0.25, -0.2) is 0 Å². The molecule has 0 radical (unpaired) electrons. The SMILES string of the molecule is CCCCOCC(=O)NCC(Cc1cccc2ccccc12)C(=O)O. The lowest BCUT2D eigenvalue weighted by Crippen LogP contribution is -2.36. The van der Waals surface area contributed by atoms with E-state index in [4.69, 9.17) is 4.74 Å². The van der Waals surface area contributed by atoms with E-state index in [2.05, 4.69) is 5.32 Å². The average molecular weight is 343 g/mol. The number of nitrogens with one attached hydrogen (secondary N) is 1. The fourth-order valence-corrected chi connectivity index (χ4v) is 2.68. The van der Waals surface area contributed by atoms with Crippen LogP contribution in [0.4, 0.5) is 0 Å². The van der Waals surface area contributed by atoms with Crippen LogP contribution in [0.2, 0.25) is 0 Å². The van der Waals surface area contributed by atoms with Crippen LogP contribution < -0.4 is 5.32 Å². The van der Waals surface area contributed by atoms with E-state index in [1.54, 1.807) is 0 Å². The van der Waals surface area contributed by atoms with Gasteiger partial charge in [0.1, 0.15) is 6.61 Å². The van der Waals surface area contributed by atoms with Gasteiger partial charge in [-0.1, -0.05) is 55.8 Å². The van der Waals surface area contributed by atoms with Crippen molar-refractivity contribution in [3.63, 3.8) is 0 Å². The molecule has 0 aromatic heterocycles. The molecule has 2 aromatic carbocycles. The molecule has 0 saturated heterocycles. The highest BCUT2D eigenvalue weighted by atomic mass is 16.5. The number of carbonyl (C=O) groups excluding carboxylic acids is 1. The molecule has 0 saturated carbocycles. The van der Waals surface area contributed by atoms with Gasteiger partial charge >= 0.3 is 5.97 Å². The third kappa shape index (κ3) is 5.87. The van der Waals surface area contributed by atoms with Gasteiger partial charge in [0, 0.05) is 13.2 Å². The molecule has 2 rings (SSSR count). The van der Waals surface area contributed by atoms with Crippen molar-refractivity contribution in [2.24, 2.45) is 5.92 Å². The number of fused-ring (bicyclic) bond motifs is 1. The number of unbranched alkanes of at least 4 members (excludes halogenated alkanes) is 1. The number of aliphatic carboxylic acids is 1. The molecule has 134 valence electrons. The molecule has 5 heteroatoms. The number of amides is 1. The second kappa shape index (κ2) is 9.79. The molecular formula is C20H25NO4. The smallest absolute Gasteiger partial charge is 0.308 e. The van der Waals surface area contributed by atoms with Crippen molar-refractivity contribution >= 4 is 22.6 Å². The van der Waals surface area contributed by atoms with Crippen LogP contribution >= 0.6 is 0 Å². The first-order valence-corrected chi connectivity index (χ1v) is 8.65. The minimum Gasteiger partial charge on any atom is -0.481 e. The topological polar surface area (TPSA) is 75.6 Å². The zero-order valence-electron chi connectivity index (χ0n) is 14.5. The molecule has 1 unspecified atom stereocenters. The van der Waals surface area contributed by atoms with Gasteiger partial charge in [0.25, 0.3) is 0 Å². The number of rotatable bonds is 10. The third-order valence-corrected chi connectivity index (χ3v) is 4.12. The minimum absolute atomic E-state index is 0.0272. The number of hydrogen-bond acceptors (Lipinski definition) is 3. The van der Waals surface area contributed by atoms with E-state index in [1.807, 2.05) is 49.4 Å². The number of benzene rings is 2. The molecule has 5 nitrogen and oxygen atoms in total. The number of carboxylic acids is 1. The molecule has 0 heterocycles. The van der Waals surface area contributed by atoms with Gasteiger partial charge < -0.3 is 15.2 Å². The Bertz CT molecular complexity index is 708. The molecule has 0 aliphatic rings. The standard InChI is InChI=1S/C20H25NO4/c1-2-3-11-25-14-19(22)21-13-17(20(23)24)12-16-9-6-8-15-7-4-5-10-18(15)16/h4-10,17H,2-3,11-14H2,1H3,(H,21,22)(H,23,24). The van der Waals surface area contributed by atoms with Crippen molar-refractivity contribution < 1.29 is 19.4 Å². The largest absolute Gasteiger partial charge is 0.481 e. The predicted molar refractivity (Wildman–Crippen MR) is 97.5 cm³/mol. The van der Waals surface area contributed by atoms with Gasteiger partial charge in [-0.3, -0.25) is 9.59 Å². The molecule has 1 atom stereocenters. The Kier molecular flexibility index (Phi) is 7.41. The second-order valence-electron chi connectivity index (χ2n) is 6.09. The maximum atomic E-state index is 11.8. The fraction of sp³-hybridized carbons (Fsp3) is 0.400. The Morgan fingerprint density at radius 1 is 1.16 bits per heavy atom. The average Bonchev–Trinajstić information content (AvgIpc) is 2.62. The fourth-order valence-electron chi connectivity index (χ4n) is 2.68. The normalized spacial score (nSPS) is 12.0. The molecule has 2 N–H and O–H groups in total. The van der Waals surface area contributed by atoms with E-state index < -0.39 is 11.9 Å². The maximum absolute atomic E-state index is 11.8. The summed E-state index contributed by atoms with van der Waals surface area (Å²) in [6.07, 6.45) is 2.29. The highest BCUT2D eigenvalue weighted by Gasteiger charge is 2.20. The Labute approximate surface area is 148 Å². The van der Waals surface area contributed by atoms with E-state index >= 15 is 0 Å². The summed E-state index contributed by atoms with van der Waals surface area (Å²) in [7, 11) is 0. The molecule has 1 amide bonds. The van der Waals surface area contributed by atoms with E-state index in [0.29, 0.717) is 13.0 Å². The lowest BCUT2D eigenvalue weighted by atomic mass is 9.95. The summed E-state index contributed by atoms with van der Waals surface area (Å²) in [4.78, 5) is 23.3. The van der Waals surface area contributed by atoms with E-state index in [-0.39, 0.29) is 19.1 Å². The van der Waals surface area contributed by atoms with Crippen molar-refractivity contribution in [3.05, 3.63) is 48.0 Å². The van der Waals surface area contributed by atoms with Gasteiger partial charge in [0.15, 0.2) is 0 Å². The number of hydrogen-bond donors (Lipinski definition) is 2. The first kappa shape index (κ1) is 18.9. The summed E-state index contributed by atoms with van der Waals surface area (Å²) in [5.41, 5.74) is 0.971. The maximum Gasteiger partial charge on any atom is 0.308 e. The van der Waals surface area contributed by atoms with Crippen LogP contribution in [0.5, 0.6) is 0 Å². The van der Waals surface area contributed by atoms with E-state index in [9.17, 15) is 14.7 Å². The summed E-state index contributed by atoms with van der Waals surface area (Å²) in [6, 6.07) is 13.8. The minimum atomic E-state index is -0.917. The zero-order chi connectivity index (χ0) is 18.1. The molecular weight excluding hydrogens is 318 g/mol. The molecule has 25 heavy (non-hydrogen) atoms. The van der Waals surface area contributed by atoms with Crippen molar-refractivity contribution in [2.75, 3.05) is 19.8 Å². The Morgan fingerprint density at radius 2 is 1.92 bits per heavy atom. The molecule has 2 aromatic rings. The molecule has 0 bridgehead atoms. The highest BCUT2D eigenvalue weighted by molar-refractivity contribution is 5.86. The van der Waals surface area contributed by atoms with Crippen LogP contribution in [0.1, 0.15) is 25.3 Å². The molecule has 0 aliphatic carbocycles. The summed E-state index contributed by atoms with van der Waals surface area (Å²) >= 11 is 0. The number of carboxylic acid groups (broad SMARTS) is 1. The quantitative estimate of drug-likeness (QED) is 0.650. The summed E-state index contributed by atoms with van der Waals surface area (Å²) in [6.45, 7) is 2.66. The van der Waals surface area contributed by atoms with Crippen molar-refractivity contribution in [1.29, 1.82) is 0 Å². The first-order valence-electron chi connectivity index (χ1n) is 8.65. The Balaban J connectivity index is 1.94. The van der Waals surface area contributed by atoms with Gasteiger partial charge in [-0.2, -0.15) is 0 Å². The van der Waals surface area contributed by atoms with Gasteiger partial charge in [-0.05, 0) is 29.2 Å². The Hall–Kier alpha value is -2.40. The summed E-state index contributed by atoms with van der Waals surface area (Å²) < 4.78 is 5.25. The van der Waals surface area contributed by atoms with Crippen LogP contribution in [0, 0.1) is 5.92 Å². The second-order valence-corrected chi connectivity index (χ2v) is 6.09. The van der Waals surface area contributed by atoms with Crippen molar-refractivity contribution in [1.82, 2.24) is 5.32 Å². The number of ether oxygens (including phenoxy) is 1. The van der Waals surface area contributed by atoms with Crippen molar-refractivity contribution in [3.8, 4) is 0 Å². The zero-order valence-corrected chi connectivity index (χ0v) is 14.5.